The summed E-state index contributed by atoms with van der Waals surface area (Å²) >= 11 is 0. The fraction of sp³-hybridized carbons (Fsp3) is 0.793. The quantitative estimate of drug-likeness (QED) is 0.0652. The van der Waals surface area contributed by atoms with Gasteiger partial charge in [-0.05, 0) is 63.6 Å². The second-order valence-corrected chi connectivity index (χ2v) is 20.2. The molecular formula is C58H102N4O20. The number of carbonyl (C=O) groups is 4. The molecule has 0 saturated carbocycles. The van der Waals surface area contributed by atoms with Crippen molar-refractivity contribution in [3.05, 3.63) is 35.9 Å². The first-order valence-electron chi connectivity index (χ1n) is 29.0. The predicted octanol–water partition coefficient (Wildman–Crippen LogP) is 5.20. The second kappa shape index (κ2) is 49.0. The van der Waals surface area contributed by atoms with Crippen molar-refractivity contribution in [1.29, 1.82) is 0 Å². The third-order valence-corrected chi connectivity index (χ3v) is 11.7. The average molecular weight is 1180 g/mol. The van der Waals surface area contributed by atoms with E-state index in [1.165, 1.54) is 16.9 Å². The number of benzene rings is 1. The summed E-state index contributed by atoms with van der Waals surface area (Å²) in [6, 6.07) is 4.49. The number of hydrogen-bond acceptors (Lipinski definition) is 20. The maximum atomic E-state index is 13.8. The van der Waals surface area contributed by atoms with Gasteiger partial charge in [-0.1, -0.05) is 32.1 Å². The van der Waals surface area contributed by atoms with Crippen molar-refractivity contribution in [3.63, 3.8) is 0 Å². The van der Waals surface area contributed by atoms with Gasteiger partial charge in [0.15, 0.2) is 11.5 Å². The number of methoxy groups -OCH3 is 2. The third-order valence-electron chi connectivity index (χ3n) is 11.7. The molecule has 1 aliphatic rings. The molecule has 1 aromatic carbocycles. The molecular weight excluding hydrogens is 1070 g/mol. The monoisotopic (exact) mass is 1170 g/mol. The number of nitrogens with one attached hydrogen (secondary N) is 1. The molecule has 0 aliphatic carbocycles. The Kier molecular flexibility index (Phi) is 44.1. The van der Waals surface area contributed by atoms with Gasteiger partial charge in [0.05, 0.1) is 185 Å². The number of rotatable bonds is 51. The summed E-state index contributed by atoms with van der Waals surface area (Å²) in [6.07, 6.45) is 6.35. The van der Waals surface area contributed by atoms with Crippen LogP contribution >= 0.6 is 0 Å². The predicted molar refractivity (Wildman–Crippen MR) is 306 cm³/mol. The van der Waals surface area contributed by atoms with E-state index in [0.29, 0.717) is 177 Å². The normalized spacial score (nSPS) is 13.8. The fourth-order valence-corrected chi connectivity index (χ4v) is 7.45. The summed E-state index contributed by atoms with van der Waals surface area (Å²) in [6.45, 7) is 21.8. The van der Waals surface area contributed by atoms with Crippen LogP contribution in [0.4, 0.5) is 9.59 Å². The molecule has 1 atom stereocenters. The van der Waals surface area contributed by atoms with Crippen LogP contribution in [0.25, 0.3) is 0 Å². The van der Waals surface area contributed by atoms with E-state index in [1.807, 2.05) is 0 Å². The number of allylic oxidation sites excluding steroid dienone is 2. The lowest BCUT2D eigenvalue weighted by atomic mass is 10.1. The van der Waals surface area contributed by atoms with Crippen LogP contribution < -0.4 is 14.8 Å². The zero-order valence-corrected chi connectivity index (χ0v) is 50.8. The maximum Gasteiger partial charge on any atom is 0.415 e. The molecule has 24 nitrogen and oxygen atoms in total. The average Bonchev–Trinajstić information content (AvgIpc) is 3.51. The Balaban J connectivity index is 1.51. The topological polar surface area (TPSA) is 238 Å². The molecule has 1 heterocycles. The van der Waals surface area contributed by atoms with E-state index in [-0.39, 0.29) is 63.3 Å². The summed E-state index contributed by atoms with van der Waals surface area (Å²) in [5.74, 6) is 0.830. The van der Waals surface area contributed by atoms with Crippen LogP contribution in [0.15, 0.2) is 30.4 Å². The Hall–Kier alpha value is -4.28. The van der Waals surface area contributed by atoms with Gasteiger partial charge in [-0.3, -0.25) is 14.5 Å². The van der Waals surface area contributed by atoms with E-state index in [1.54, 1.807) is 58.0 Å². The highest BCUT2D eigenvalue weighted by molar-refractivity contribution is 5.78. The molecule has 474 valence electrons. The number of carbonyl (C=O) groups excluding carboxylic acids is 4. The van der Waals surface area contributed by atoms with Crippen LogP contribution in [0.3, 0.4) is 0 Å². The lowest BCUT2D eigenvalue weighted by Gasteiger charge is -2.42. The van der Waals surface area contributed by atoms with E-state index in [9.17, 15) is 19.2 Å². The Bertz CT molecular complexity index is 1810. The summed E-state index contributed by atoms with van der Waals surface area (Å²) in [5, 5.41) is 2.95. The Morgan fingerprint density at radius 3 is 1.49 bits per heavy atom. The molecule has 0 aromatic heterocycles. The highest BCUT2D eigenvalue weighted by Crippen LogP contribution is 2.29. The van der Waals surface area contributed by atoms with Gasteiger partial charge in [-0.2, -0.15) is 0 Å². The van der Waals surface area contributed by atoms with Crippen LogP contribution in [0.1, 0.15) is 72.3 Å². The molecule has 1 N–H and O–H groups in total. The Morgan fingerprint density at radius 1 is 0.610 bits per heavy atom. The van der Waals surface area contributed by atoms with Gasteiger partial charge in [0.25, 0.3) is 0 Å². The number of amides is 4. The van der Waals surface area contributed by atoms with Crippen molar-refractivity contribution < 1.29 is 95.0 Å². The van der Waals surface area contributed by atoms with E-state index >= 15 is 0 Å². The van der Waals surface area contributed by atoms with Crippen LogP contribution in [0, 0.1) is 5.92 Å². The minimum Gasteiger partial charge on any atom is -0.493 e. The zero-order valence-electron chi connectivity index (χ0n) is 50.8. The van der Waals surface area contributed by atoms with Gasteiger partial charge in [-0.25, -0.2) is 9.59 Å². The molecule has 2 rings (SSSR count). The van der Waals surface area contributed by atoms with Gasteiger partial charge in [0.2, 0.25) is 11.8 Å². The first-order chi connectivity index (χ1) is 39.7. The smallest absolute Gasteiger partial charge is 0.415 e. The van der Waals surface area contributed by atoms with Crippen molar-refractivity contribution in [2.45, 2.75) is 84.9 Å². The summed E-state index contributed by atoms with van der Waals surface area (Å²) in [7, 11) is 4.70. The maximum absolute atomic E-state index is 13.8. The molecule has 1 aliphatic heterocycles. The zero-order chi connectivity index (χ0) is 59.7. The van der Waals surface area contributed by atoms with E-state index < -0.39 is 23.8 Å². The number of ether oxygens (including phenoxy) is 16. The van der Waals surface area contributed by atoms with Crippen molar-refractivity contribution >= 4 is 24.0 Å². The highest BCUT2D eigenvalue weighted by atomic mass is 16.6. The van der Waals surface area contributed by atoms with E-state index in [2.05, 4.69) is 31.3 Å². The van der Waals surface area contributed by atoms with Crippen LogP contribution in [0.5, 0.6) is 11.5 Å². The van der Waals surface area contributed by atoms with Crippen molar-refractivity contribution in [1.82, 2.24) is 20.0 Å². The van der Waals surface area contributed by atoms with Crippen LogP contribution in [-0.4, -0.2) is 263 Å². The minimum absolute atomic E-state index is 0.0400. The number of unbranched alkanes of at least 4 members (excludes halogenated alkanes) is 2. The largest absolute Gasteiger partial charge is 0.493 e. The van der Waals surface area contributed by atoms with Crippen LogP contribution in [0.2, 0.25) is 0 Å². The Labute approximate surface area is 488 Å². The lowest BCUT2D eigenvalue weighted by Crippen LogP contribution is -2.60. The molecule has 1 saturated heterocycles. The minimum atomic E-state index is -0.732. The molecule has 0 bridgehead atoms. The molecule has 1 aromatic rings. The fourth-order valence-electron chi connectivity index (χ4n) is 7.45. The van der Waals surface area contributed by atoms with Gasteiger partial charge < -0.3 is 90.9 Å². The van der Waals surface area contributed by atoms with Crippen LogP contribution in [-0.2, 0) is 82.4 Å². The van der Waals surface area contributed by atoms with Gasteiger partial charge in [-0.15, -0.1) is 0 Å². The number of nitrogens with zero attached hydrogens (tertiary/aromatic N) is 3. The van der Waals surface area contributed by atoms with Crippen molar-refractivity contribution in [2.24, 2.45) is 5.92 Å². The highest BCUT2D eigenvalue weighted by Gasteiger charge is 2.36. The first kappa shape index (κ1) is 73.8. The summed E-state index contributed by atoms with van der Waals surface area (Å²) in [5.41, 5.74) is 0.0438. The molecule has 1 unspecified atom stereocenters. The van der Waals surface area contributed by atoms with E-state index in [0.717, 1.165) is 24.8 Å². The van der Waals surface area contributed by atoms with Gasteiger partial charge in [0.1, 0.15) is 5.60 Å². The molecule has 82 heavy (non-hydrogen) atoms. The SMILES string of the molecule is COCCOCCOCCOCCOCCOCCOCCOCCOCCOCCOCCOCCOCCC(=O)N1CCN(C(=O)Oc2ccc(CNC(=O)CCCC/C=C/C(C)C)cc2OC)C(CN(C)C(=O)OC(C)(C)C)C1. The number of likely N-dealkylation sites (N-methyl/N-ethyl adjacent to an activating group) is 1. The molecule has 0 radical (unpaired) electrons. The Morgan fingerprint density at radius 2 is 1.06 bits per heavy atom. The van der Waals surface area contributed by atoms with Crippen molar-refractivity contribution in [3.8, 4) is 11.5 Å². The third kappa shape index (κ3) is 40.1. The summed E-state index contributed by atoms with van der Waals surface area (Å²) < 4.78 is 88.1. The standard InChI is InChI=1S/C58H102N4O20/c1-49(2)13-11-9-10-12-14-54(63)59-46-50-15-16-52(53(45-50)68-8)81-57(66)62-19-18-61(48-51(62)47-60(6)56(65)82-58(3,4)5)55(64)17-20-69-23-24-71-27-28-73-31-32-75-35-36-77-39-40-79-43-44-80-42-41-78-38-37-76-34-33-74-30-29-72-26-25-70-22-21-67-7/h11,13,15-16,45,49,51H,9-10,12,14,17-44,46-48H2,1-8H3,(H,59,63)/b13-11+. The van der Waals surface area contributed by atoms with E-state index in [4.69, 9.17) is 75.8 Å². The number of hydrogen-bond donors (Lipinski definition) is 1. The lowest BCUT2D eigenvalue weighted by molar-refractivity contribution is -0.135. The van der Waals surface area contributed by atoms with Gasteiger partial charge >= 0.3 is 12.2 Å². The molecule has 0 spiro atoms. The van der Waals surface area contributed by atoms with Crippen molar-refractivity contribution in [2.75, 3.05) is 213 Å². The molecule has 24 heteroatoms. The first-order valence-corrected chi connectivity index (χ1v) is 29.0. The second-order valence-electron chi connectivity index (χ2n) is 20.2. The molecule has 4 amide bonds. The van der Waals surface area contributed by atoms with Gasteiger partial charge in [0, 0.05) is 53.3 Å². The number of piperazine rings is 1. The summed E-state index contributed by atoms with van der Waals surface area (Å²) in [4.78, 5) is 57.3. The molecule has 1 fully saturated rings.